The van der Waals surface area contributed by atoms with Crippen LogP contribution in [0.5, 0.6) is 0 Å². The highest BCUT2D eigenvalue weighted by Gasteiger charge is 2.25. The molecule has 0 bridgehead atoms. The van der Waals surface area contributed by atoms with Gasteiger partial charge < -0.3 is 10.2 Å². The molecule has 3 rings (SSSR count). The van der Waals surface area contributed by atoms with Gasteiger partial charge in [0.1, 0.15) is 6.04 Å². The van der Waals surface area contributed by atoms with E-state index in [0.717, 1.165) is 6.42 Å². The first kappa shape index (κ1) is 15.3. The van der Waals surface area contributed by atoms with E-state index in [2.05, 4.69) is 17.4 Å². The van der Waals surface area contributed by atoms with Gasteiger partial charge in [-0.25, -0.2) is 0 Å². The van der Waals surface area contributed by atoms with Crippen molar-refractivity contribution in [3.63, 3.8) is 0 Å². The highest BCUT2D eigenvalue weighted by molar-refractivity contribution is 5.97. The molecule has 2 aromatic carbocycles. The molecule has 0 unspecified atom stereocenters. The van der Waals surface area contributed by atoms with Crippen molar-refractivity contribution in [3.8, 4) is 0 Å². The average Bonchev–Trinajstić information content (AvgIpc) is 2.61. The predicted molar refractivity (Wildman–Crippen MR) is 88.9 cm³/mol. The summed E-state index contributed by atoms with van der Waals surface area (Å²) < 4.78 is 0. The summed E-state index contributed by atoms with van der Waals surface area (Å²) in [5, 5.41) is 2.79. The van der Waals surface area contributed by atoms with Gasteiger partial charge in [-0.15, -0.1) is 0 Å². The Morgan fingerprint density at radius 3 is 2.39 bits per heavy atom. The topological polar surface area (TPSA) is 49.4 Å². The minimum absolute atomic E-state index is 0.0382. The predicted octanol–water partition coefficient (Wildman–Crippen LogP) is 2.39. The van der Waals surface area contributed by atoms with Crippen LogP contribution in [0.25, 0.3) is 0 Å². The Bertz CT molecular complexity index is 712. The molecule has 4 heteroatoms. The SMILES string of the molecule is C[C@@H](NC(=O)c1ccccc1)C(=O)N1CCc2ccccc2C1. The zero-order valence-corrected chi connectivity index (χ0v) is 13.2. The Morgan fingerprint density at radius 1 is 1.00 bits per heavy atom. The number of hydrogen-bond acceptors (Lipinski definition) is 2. The number of nitrogens with zero attached hydrogens (tertiary/aromatic N) is 1. The molecule has 23 heavy (non-hydrogen) atoms. The van der Waals surface area contributed by atoms with Crippen LogP contribution in [0.1, 0.15) is 28.4 Å². The van der Waals surface area contributed by atoms with Crippen LogP contribution >= 0.6 is 0 Å². The quantitative estimate of drug-likeness (QED) is 0.946. The summed E-state index contributed by atoms with van der Waals surface area (Å²) >= 11 is 0. The third-order valence-electron chi connectivity index (χ3n) is 4.20. The van der Waals surface area contributed by atoms with Gasteiger partial charge in [0.05, 0.1) is 0 Å². The highest BCUT2D eigenvalue weighted by Crippen LogP contribution is 2.19. The molecule has 2 amide bonds. The number of fused-ring (bicyclic) bond motifs is 1. The van der Waals surface area contributed by atoms with Crippen molar-refractivity contribution < 1.29 is 9.59 Å². The van der Waals surface area contributed by atoms with Crippen molar-refractivity contribution in [1.82, 2.24) is 10.2 Å². The lowest BCUT2D eigenvalue weighted by Gasteiger charge is -2.31. The molecule has 118 valence electrons. The van der Waals surface area contributed by atoms with Crippen molar-refractivity contribution in [1.29, 1.82) is 0 Å². The highest BCUT2D eigenvalue weighted by atomic mass is 16.2. The molecule has 0 fully saturated rings. The lowest BCUT2D eigenvalue weighted by Crippen LogP contribution is -2.48. The van der Waals surface area contributed by atoms with Crippen LogP contribution in [0.3, 0.4) is 0 Å². The number of benzene rings is 2. The van der Waals surface area contributed by atoms with Gasteiger partial charge in [0.25, 0.3) is 5.91 Å². The number of carbonyl (C=O) groups excluding carboxylic acids is 2. The van der Waals surface area contributed by atoms with E-state index in [0.29, 0.717) is 18.7 Å². The number of hydrogen-bond donors (Lipinski definition) is 1. The van der Waals surface area contributed by atoms with Gasteiger partial charge in [0.15, 0.2) is 0 Å². The molecule has 0 saturated carbocycles. The van der Waals surface area contributed by atoms with Crippen LogP contribution in [0.4, 0.5) is 0 Å². The fourth-order valence-electron chi connectivity index (χ4n) is 2.89. The fraction of sp³-hybridized carbons (Fsp3) is 0.263. The summed E-state index contributed by atoms with van der Waals surface area (Å²) in [6.45, 7) is 3.05. The molecule has 4 nitrogen and oxygen atoms in total. The minimum atomic E-state index is -0.534. The monoisotopic (exact) mass is 308 g/mol. The van der Waals surface area contributed by atoms with Gasteiger partial charge in [-0.2, -0.15) is 0 Å². The molecule has 0 saturated heterocycles. The summed E-state index contributed by atoms with van der Waals surface area (Å²) in [7, 11) is 0. The maximum atomic E-state index is 12.6. The van der Waals surface area contributed by atoms with Gasteiger partial charge in [-0.05, 0) is 36.6 Å². The first-order valence-corrected chi connectivity index (χ1v) is 7.86. The summed E-state index contributed by atoms with van der Waals surface area (Å²) in [6.07, 6.45) is 0.862. The van der Waals surface area contributed by atoms with E-state index in [9.17, 15) is 9.59 Å². The molecule has 0 spiro atoms. The fourth-order valence-corrected chi connectivity index (χ4v) is 2.89. The first-order valence-electron chi connectivity index (χ1n) is 7.86. The minimum Gasteiger partial charge on any atom is -0.341 e. The van der Waals surface area contributed by atoms with E-state index in [4.69, 9.17) is 0 Å². The summed E-state index contributed by atoms with van der Waals surface area (Å²) in [5.74, 6) is -0.257. The third kappa shape index (κ3) is 3.42. The van der Waals surface area contributed by atoms with E-state index in [1.165, 1.54) is 11.1 Å². The summed E-state index contributed by atoms with van der Waals surface area (Å²) in [5.41, 5.74) is 3.06. The third-order valence-corrected chi connectivity index (χ3v) is 4.20. The van der Waals surface area contributed by atoms with Crippen LogP contribution in [0.15, 0.2) is 54.6 Å². The Balaban J connectivity index is 1.63. The summed E-state index contributed by atoms with van der Waals surface area (Å²) in [6, 6.07) is 16.6. The largest absolute Gasteiger partial charge is 0.341 e. The number of carbonyl (C=O) groups is 2. The smallest absolute Gasteiger partial charge is 0.251 e. The second-order valence-corrected chi connectivity index (χ2v) is 5.84. The maximum absolute atomic E-state index is 12.6. The van der Waals surface area contributed by atoms with E-state index in [1.807, 2.05) is 35.2 Å². The van der Waals surface area contributed by atoms with Crippen LogP contribution < -0.4 is 5.32 Å². The normalized spacial score (nSPS) is 14.7. The van der Waals surface area contributed by atoms with Crippen LogP contribution in [-0.2, 0) is 17.8 Å². The second-order valence-electron chi connectivity index (χ2n) is 5.84. The zero-order valence-electron chi connectivity index (χ0n) is 13.2. The Hall–Kier alpha value is -2.62. The van der Waals surface area contributed by atoms with E-state index in [1.54, 1.807) is 19.1 Å². The summed E-state index contributed by atoms with van der Waals surface area (Å²) in [4.78, 5) is 26.6. The van der Waals surface area contributed by atoms with Crippen LogP contribution in [0, 0.1) is 0 Å². The first-order chi connectivity index (χ1) is 11.1. The van der Waals surface area contributed by atoms with Gasteiger partial charge in [0.2, 0.25) is 5.91 Å². The van der Waals surface area contributed by atoms with Crippen molar-refractivity contribution >= 4 is 11.8 Å². The Labute approximate surface area is 136 Å². The average molecular weight is 308 g/mol. The molecule has 2 aromatic rings. The van der Waals surface area contributed by atoms with Crippen LogP contribution in [-0.4, -0.2) is 29.3 Å². The lowest BCUT2D eigenvalue weighted by molar-refractivity contribution is -0.133. The standard InChI is InChI=1S/C19H20N2O2/c1-14(20-18(22)16-8-3-2-4-9-16)19(23)21-12-11-15-7-5-6-10-17(15)13-21/h2-10,14H,11-13H2,1H3,(H,20,22)/t14-/m1/s1. The number of rotatable bonds is 3. The van der Waals surface area contributed by atoms with Crippen molar-refractivity contribution in [2.75, 3.05) is 6.54 Å². The molecule has 1 aliphatic rings. The van der Waals surface area contributed by atoms with Gasteiger partial charge in [0, 0.05) is 18.7 Å². The van der Waals surface area contributed by atoms with Crippen molar-refractivity contribution in [2.45, 2.75) is 25.9 Å². The Kier molecular flexibility index (Phi) is 4.42. The molecule has 0 aromatic heterocycles. The molecular weight excluding hydrogens is 288 g/mol. The molecule has 0 aliphatic carbocycles. The number of nitrogens with one attached hydrogen (secondary N) is 1. The second kappa shape index (κ2) is 6.65. The lowest BCUT2D eigenvalue weighted by atomic mass is 9.99. The van der Waals surface area contributed by atoms with E-state index < -0.39 is 6.04 Å². The van der Waals surface area contributed by atoms with Crippen molar-refractivity contribution in [2.24, 2.45) is 0 Å². The zero-order chi connectivity index (χ0) is 16.2. The maximum Gasteiger partial charge on any atom is 0.251 e. The number of amides is 2. The molecule has 0 radical (unpaired) electrons. The molecule has 1 aliphatic heterocycles. The van der Waals surface area contributed by atoms with Crippen molar-refractivity contribution in [3.05, 3.63) is 71.3 Å². The Morgan fingerprint density at radius 2 is 1.65 bits per heavy atom. The molecule has 1 N–H and O–H groups in total. The van der Waals surface area contributed by atoms with E-state index in [-0.39, 0.29) is 11.8 Å². The molecular formula is C19H20N2O2. The van der Waals surface area contributed by atoms with Gasteiger partial charge in [-0.1, -0.05) is 42.5 Å². The van der Waals surface area contributed by atoms with E-state index >= 15 is 0 Å². The van der Waals surface area contributed by atoms with Gasteiger partial charge >= 0.3 is 0 Å². The molecule has 1 atom stereocenters. The molecule has 1 heterocycles. The van der Waals surface area contributed by atoms with Gasteiger partial charge in [-0.3, -0.25) is 9.59 Å². The van der Waals surface area contributed by atoms with Crippen LogP contribution in [0.2, 0.25) is 0 Å².